The van der Waals surface area contributed by atoms with Crippen LogP contribution in [0.3, 0.4) is 0 Å². The molecule has 0 bridgehead atoms. The first-order chi connectivity index (χ1) is 18.4. The van der Waals surface area contributed by atoms with Gasteiger partial charge in [-0.25, -0.2) is 0 Å². The summed E-state index contributed by atoms with van der Waals surface area (Å²) in [6.45, 7) is 4.47. The van der Waals surface area contributed by atoms with Crippen molar-refractivity contribution < 1.29 is 19.1 Å². The molecule has 4 rings (SSSR count). The van der Waals surface area contributed by atoms with Gasteiger partial charge in [-0.3, -0.25) is 19.5 Å². The number of carbonyl (C=O) groups is 2. The lowest BCUT2D eigenvalue weighted by molar-refractivity contribution is -0.127. The largest absolute Gasteiger partial charge is 0.354 e. The Balaban J connectivity index is 1.63. The maximum Gasteiger partial charge on any atom is 0.220 e. The molecule has 0 saturated carbocycles. The molecule has 0 atom stereocenters. The van der Waals surface area contributed by atoms with Crippen molar-refractivity contribution in [3.8, 4) is 11.8 Å². The second-order valence-corrected chi connectivity index (χ2v) is 9.63. The number of nitriles is 1. The first-order valence-electron chi connectivity index (χ1n) is 13.0. The number of aromatic nitrogens is 2. The number of nitrogens with one attached hydrogen (secondary N) is 1. The summed E-state index contributed by atoms with van der Waals surface area (Å²) in [6.07, 6.45) is 5.49. The Bertz CT molecular complexity index is 1320. The number of benzene rings is 1. The third-order valence-electron chi connectivity index (χ3n) is 7.08. The summed E-state index contributed by atoms with van der Waals surface area (Å²) in [5.41, 5.74) is 5.23. The summed E-state index contributed by atoms with van der Waals surface area (Å²) in [5.74, 6) is -0.0486. The van der Waals surface area contributed by atoms with Crippen molar-refractivity contribution in [3.05, 3.63) is 58.9 Å². The van der Waals surface area contributed by atoms with Gasteiger partial charge in [0.05, 0.1) is 41.3 Å². The van der Waals surface area contributed by atoms with Crippen molar-refractivity contribution in [2.24, 2.45) is 0 Å². The van der Waals surface area contributed by atoms with Crippen LogP contribution in [-0.4, -0.2) is 72.8 Å². The molecule has 200 valence electrons. The number of rotatable bonds is 11. The van der Waals surface area contributed by atoms with E-state index in [0.29, 0.717) is 29.6 Å². The lowest BCUT2D eigenvalue weighted by Gasteiger charge is -2.25. The maximum absolute atomic E-state index is 13.6. The summed E-state index contributed by atoms with van der Waals surface area (Å²) < 4.78 is 12.3. The van der Waals surface area contributed by atoms with Crippen molar-refractivity contribution in [2.75, 3.05) is 40.4 Å². The molecule has 0 radical (unpaired) electrons. The van der Waals surface area contributed by atoms with Crippen LogP contribution in [-0.2, 0) is 20.7 Å². The van der Waals surface area contributed by atoms with Crippen LogP contribution < -0.4 is 5.32 Å². The number of hydrogen-bond donors (Lipinski definition) is 1. The Morgan fingerprint density at radius 1 is 1.13 bits per heavy atom. The van der Waals surface area contributed by atoms with Crippen LogP contribution in [0.2, 0.25) is 0 Å². The van der Waals surface area contributed by atoms with Crippen molar-refractivity contribution in [2.45, 2.75) is 45.3 Å². The molecule has 0 spiro atoms. The number of methoxy groups -OCH3 is 2. The minimum Gasteiger partial charge on any atom is -0.354 e. The molecule has 1 aromatic carbocycles. The fraction of sp³-hybridized carbons (Fsp3) is 0.448. The zero-order valence-electron chi connectivity index (χ0n) is 22.3. The van der Waals surface area contributed by atoms with Crippen LogP contribution in [0.5, 0.6) is 0 Å². The van der Waals surface area contributed by atoms with Gasteiger partial charge in [0, 0.05) is 38.2 Å². The van der Waals surface area contributed by atoms with Gasteiger partial charge in [-0.1, -0.05) is 6.42 Å². The summed E-state index contributed by atoms with van der Waals surface area (Å²) in [6, 6.07) is 11.5. The first-order valence-corrected chi connectivity index (χ1v) is 13.0. The van der Waals surface area contributed by atoms with Gasteiger partial charge in [-0.2, -0.15) is 5.26 Å². The number of likely N-dealkylation sites (tertiary alicyclic amines) is 1. The number of ketones is 1. The summed E-state index contributed by atoms with van der Waals surface area (Å²) in [4.78, 5) is 32.9. The average molecular weight is 518 g/mol. The zero-order chi connectivity index (χ0) is 27.1. The Morgan fingerprint density at radius 2 is 1.84 bits per heavy atom. The molecule has 0 aliphatic carbocycles. The van der Waals surface area contributed by atoms with E-state index in [1.54, 1.807) is 18.3 Å². The van der Waals surface area contributed by atoms with E-state index in [0.717, 1.165) is 48.4 Å². The topological polar surface area (TPSA) is 109 Å². The molecule has 1 aliphatic heterocycles. The van der Waals surface area contributed by atoms with E-state index in [1.807, 2.05) is 29.7 Å². The van der Waals surface area contributed by atoms with Gasteiger partial charge in [0.2, 0.25) is 5.91 Å². The Labute approximate surface area is 223 Å². The van der Waals surface area contributed by atoms with Crippen molar-refractivity contribution >= 4 is 22.7 Å². The first kappa shape index (κ1) is 27.5. The molecular weight excluding hydrogens is 482 g/mol. The number of Topliss-reactive ketones (excluding diaryl/α,β-unsaturated/α-hetero) is 1. The Morgan fingerprint density at radius 3 is 2.50 bits per heavy atom. The third-order valence-corrected chi connectivity index (χ3v) is 7.08. The molecule has 9 heteroatoms. The Hall–Kier alpha value is -3.58. The molecule has 2 aromatic heterocycles. The fourth-order valence-corrected chi connectivity index (χ4v) is 5.02. The molecule has 3 heterocycles. The summed E-state index contributed by atoms with van der Waals surface area (Å²) in [7, 11) is 3.05. The number of ether oxygens (including phenoxy) is 2. The second kappa shape index (κ2) is 12.8. The molecule has 1 fully saturated rings. The predicted octanol–water partition coefficient (Wildman–Crippen LogP) is 3.54. The lowest BCUT2D eigenvalue weighted by atomic mass is 10.1. The maximum atomic E-state index is 13.6. The van der Waals surface area contributed by atoms with Crippen LogP contribution in [0.1, 0.15) is 52.9 Å². The SMILES string of the molecule is COC(CNC(=O)CCc1cnc2c(C(=O)CN3CCCCC3)c(C)n(-c3ccc(C#N)cc3)c2c1)OC. The van der Waals surface area contributed by atoms with Gasteiger partial charge in [-0.05, 0) is 75.2 Å². The number of aryl methyl sites for hydroxylation is 1. The summed E-state index contributed by atoms with van der Waals surface area (Å²) >= 11 is 0. The molecule has 1 saturated heterocycles. The van der Waals surface area contributed by atoms with Gasteiger partial charge < -0.3 is 19.4 Å². The van der Waals surface area contributed by atoms with E-state index in [9.17, 15) is 14.9 Å². The highest BCUT2D eigenvalue weighted by Gasteiger charge is 2.24. The highest BCUT2D eigenvalue weighted by atomic mass is 16.7. The van der Waals surface area contributed by atoms with E-state index < -0.39 is 6.29 Å². The fourth-order valence-electron chi connectivity index (χ4n) is 5.02. The van der Waals surface area contributed by atoms with E-state index >= 15 is 0 Å². The molecule has 1 amide bonds. The monoisotopic (exact) mass is 517 g/mol. The number of pyridine rings is 1. The number of fused-ring (bicyclic) bond motifs is 1. The highest BCUT2D eigenvalue weighted by molar-refractivity contribution is 6.09. The van der Waals surface area contributed by atoms with E-state index in [-0.39, 0.29) is 24.7 Å². The average Bonchev–Trinajstić information content (AvgIpc) is 3.24. The van der Waals surface area contributed by atoms with Crippen LogP contribution in [0.4, 0.5) is 0 Å². The standard InChI is InChI=1S/C29H35N5O4/c1-20-28(25(35)19-33-13-5-4-6-14-33)29-24(34(20)23-10-7-21(16-30)8-11-23)15-22(17-32-29)9-12-26(36)31-18-27(37-2)38-3/h7-8,10-11,15,17,27H,4-6,9,12-14,18-19H2,1-3H3,(H,31,36). The Kier molecular flexibility index (Phi) is 9.24. The van der Waals surface area contributed by atoms with Crippen molar-refractivity contribution in [1.82, 2.24) is 19.8 Å². The minimum absolute atomic E-state index is 0.0623. The normalized spacial score (nSPS) is 14.1. The minimum atomic E-state index is -0.489. The van der Waals surface area contributed by atoms with E-state index in [4.69, 9.17) is 14.5 Å². The zero-order valence-corrected chi connectivity index (χ0v) is 22.3. The highest BCUT2D eigenvalue weighted by Crippen LogP contribution is 2.30. The van der Waals surface area contributed by atoms with Gasteiger partial charge in [0.25, 0.3) is 0 Å². The molecule has 1 N–H and O–H groups in total. The molecule has 9 nitrogen and oxygen atoms in total. The number of amides is 1. The van der Waals surface area contributed by atoms with Gasteiger partial charge in [-0.15, -0.1) is 0 Å². The van der Waals surface area contributed by atoms with Crippen LogP contribution >= 0.6 is 0 Å². The van der Waals surface area contributed by atoms with Gasteiger partial charge in [0.15, 0.2) is 12.1 Å². The summed E-state index contributed by atoms with van der Waals surface area (Å²) in [5, 5.41) is 12.0. The molecule has 3 aromatic rings. The van der Waals surface area contributed by atoms with Crippen LogP contribution in [0, 0.1) is 18.3 Å². The molecule has 0 unspecified atom stereocenters. The number of hydrogen-bond acceptors (Lipinski definition) is 7. The number of piperidine rings is 1. The molecular formula is C29H35N5O4. The molecule has 1 aliphatic rings. The third kappa shape index (κ3) is 6.27. The smallest absolute Gasteiger partial charge is 0.220 e. The van der Waals surface area contributed by atoms with Crippen LogP contribution in [0.25, 0.3) is 16.7 Å². The number of nitrogens with zero attached hydrogens (tertiary/aromatic N) is 4. The van der Waals surface area contributed by atoms with Crippen molar-refractivity contribution in [1.29, 1.82) is 5.26 Å². The van der Waals surface area contributed by atoms with E-state index in [2.05, 4.69) is 16.3 Å². The lowest BCUT2D eigenvalue weighted by Crippen LogP contribution is -2.34. The van der Waals surface area contributed by atoms with Gasteiger partial charge in [0.1, 0.15) is 0 Å². The van der Waals surface area contributed by atoms with Gasteiger partial charge >= 0.3 is 0 Å². The predicted molar refractivity (Wildman–Crippen MR) is 144 cm³/mol. The van der Waals surface area contributed by atoms with Crippen LogP contribution in [0.15, 0.2) is 36.5 Å². The van der Waals surface area contributed by atoms with Crippen molar-refractivity contribution in [3.63, 3.8) is 0 Å². The number of carbonyl (C=O) groups excluding carboxylic acids is 2. The van der Waals surface area contributed by atoms with E-state index in [1.165, 1.54) is 20.6 Å². The second-order valence-electron chi connectivity index (χ2n) is 9.63. The quantitative estimate of drug-likeness (QED) is 0.306. The molecule has 38 heavy (non-hydrogen) atoms.